The molecule has 0 spiro atoms. The van der Waals surface area contributed by atoms with E-state index in [1.165, 1.54) is 5.57 Å². The van der Waals surface area contributed by atoms with Gasteiger partial charge < -0.3 is 5.11 Å². The lowest BCUT2D eigenvalue weighted by molar-refractivity contribution is 0.0683. The molecule has 68 valence electrons. The number of aliphatic hydroxyl groups is 1. The number of hydrogen-bond donors (Lipinski definition) is 1. The van der Waals surface area contributed by atoms with Crippen LogP contribution in [0.5, 0.6) is 0 Å². The maximum absolute atomic E-state index is 9.95. The van der Waals surface area contributed by atoms with E-state index in [1.54, 1.807) is 0 Å². The van der Waals surface area contributed by atoms with Gasteiger partial charge in [0.15, 0.2) is 0 Å². The smallest absolute Gasteiger partial charge is 0.0831 e. The fraction of sp³-hybridized carbons (Fsp3) is 0.636. The van der Waals surface area contributed by atoms with Crippen molar-refractivity contribution in [2.75, 3.05) is 0 Å². The van der Waals surface area contributed by atoms with E-state index in [0.717, 1.165) is 18.4 Å². The van der Waals surface area contributed by atoms with E-state index in [-0.39, 0.29) is 0 Å². The van der Waals surface area contributed by atoms with Crippen LogP contribution in [-0.4, -0.2) is 10.7 Å². The van der Waals surface area contributed by atoms with E-state index in [4.69, 9.17) is 0 Å². The minimum Gasteiger partial charge on any atom is -0.386 e. The van der Waals surface area contributed by atoms with E-state index >= 15 is 0 Å². The molecular formula is C11H18O. The zero-order valence-corrected chi connectivity index (χ0v) is 8.22. The average molecular weight is 166 g/mol. The van der Waals surface area contributed by atoms with Gasteiger partial charge in [-0.3, -0.25) is 0 Å². The van der Waals surface area contributed by atoms with Crippen LogP contribution in [0.2, 0.25) is 0 Å². The zero-order chi connectivity index (χ0) is 9.35. The van der Waals surface area contributed by atoms with Crippen LogP contribution in [0.15, 0.2) is 23.8 Å². The first-order chi connectivity index (χ1) is 5.43. The summed E-state index contributed by atoms with van der Waals surface area (Å²) >= 11 is 0. The van der Waals surface area contributed by atoms with Crippen LogP contribution >= 0.6 is 0 Å². The van der Waals surface area contributed by atoms with Gasteiger partial charge in [0.25, 0.3) is 0 Å². The Morgan fingerprint density at radius 2 is 2.33 bits per heavy atom. The molecule has 0 aromatic carbocycles. The molecule has 12 heavy (non-hydrogen) atoms. The summed E-state index contributed by atoms with van der Waals surface area (Å²) in [7, 11) is 0. The molecule has 1 nitrogen and oxygen atoms in total. The molecule has 0 bridgehead atoms. The van der Waals surface area contributed by atoms with Crippen molar-refractivity contribution in [3.05, 3.63) is 23.8 Å². The molecule has 0 unspecified atom stereocenters. The van der Waals surface area contributed by atoms with Crippen molar-refractivity contribution in [1.29, 1.82) is 0 Å². The molecule has 0 aromatic rings. The predicted octanol–water partition coefficient (Wildman–Crippen LogP) is 2.67. The summed E-state index contributed by atoms with van der Waals surface area (Å²) in [5, 5.41) is 9.95. The number of rotatable bonds is 1. The molecule has 0 saturated heterocycles. The number of hydrogen-bond acceptors (Lipinski definition) is 1. The Morgan fingerprint density at radius 3 is 2.75 bits per heavy atom. The van der Waals surface area contributed by atoms with Crippen molar-refractivity contribution >= 4 is 0 Å². The van der Waals surface area contributed by atoms with Crippen LogP contribution in [0, 0.1) is 5.92 Å². The van der Waals surface area contributed by atoms with Gasteiger partial charge in [0.05, 0.1) is 5.60 Å². The van der Waals surface area contributed by atoms with Gasteiger partial charge in [-0.25, -0.2) is 0 Å². The molecular weight excluding hydrogens is 148 g/mol. The lowest BCUT2D eigenvalue weighted by atomic mass is 9.77. The summed E-state index contributed by atoms with van der Waals surface area (Å²) in [5.74, 6) is 0.462. The van der Waals surface area contributed by atoms with Gasteiger partial charge >= 0.3 is 0 Å². The highest BCUT2D eigenvalue weighted by atomic mass is 16.3. The maximum Gasteiger partial charge on any atom is 0.0831 e. The number of allylic oxidation sites excluding steroid dienone is 2. The third-order valence-electron chi connectivity index (χ3n) is 2.90. The van der Waals surface area contributed by atoms with E-state index in [1.807, 2.05) is 20.8 Å². The molecule has 2 atom stereocenters. The molecule has 0 heterocycles. The summed E-state index contributed by atoms with van der Waals surface area (Å²) < 4.78 is 0. The van der Waals surface area contributed by atoms with E-state index < -0.39 is 5.60 Å². The highest BCUT2D eigenvalue weighted by Crippen LogP contribution is 2.35. The molecule has 1 aliphatic rings. The maximum atomic E-state index is 9.95. The largest absolute Gasteiger partial charge is 0.386 e. The molecule has 0 saturated carbocycles. The lowest BCUT2D eigenvalue weighted by Gasteiger charge is -2.33. The predicted molar refractivity (Wildman–Crippen MR) is 51.9 cm³/mol. The SMILES string of the molecule is C=C(C)[C@H]1CC=C(C)[C@@](C)(O)C1. The Balaban J connectivity index is 2.79. The molecule has 0 aromatic heterocycles. The van der Waals surface area contributed by atoms with E-state index in [9.17, 15) is 5.11 Å². The van der Waals surface area contributed by atoms with Crippen LogP contribution in [0.1, 0.15) is 33.6 Å². The molecule has 1 aliphatic carbocycles. The Morgan fingerprint density at radius 1 is 1.75 bits per heavy atom. The summed E-state index contributed by atoms with van der Waals surface area (Å²) in [4.78, 5) is 0. The van der Waals surface area contributed by atoms with E-state index in [2.05, 4.69) is 12.7 Å². The van der Waals surface area contributed by atoms with Crippen molar-refractivity contribution in [3.63, 3.8) is 0 Å². The zero-order valence-electron chi connectivity index (χ0n) is 8.22. The van der Waals surface area contributed by atoms with Gasteiger partial charge in [-0.1, -0.05) is 18.2 Å². The minimum absolute atomic E-state index is 0.462. The van der Waals surface area contributed by atoms with Crippen molar-refractivity contribution < 1.29 is 5.11 Å². The fourth-order valence-corrected chi connectivity index (χ4v) is 1.64. The molecule has 1 N–H and O–H groups in total. The summed E-state index contributed by atoms with van der Waals surface area (Å²) in [6, 6.07) is 0. The highest BCUT2D eigenvalue weighted by Gasteiger charge is 2.30. The van der Waals surface area contributed by atoms with Gasteiger partial charge in [-0.05, 0) is 45.1 Å². The first-order valence-electron chi connectivity index (χ1n) is 4.48. The first-order valence-corrected chi connectivity index (χ1v) is 4.48. The van der Waals surface area contributed by atoms with Crippen LogP contribution in [-0.2, 0) is 0 Å². The van der Waals surface area contributed by atoms with Gasteiger partial charge in [-0.2, -0.15) is 0 Å². The summed E-state index contributed by atoms with van der Waals surface area (Å²) in [6.45, 7) is 9.84. The molecule has 0 fully saturated rings. The van der Waals surface area contributed by atoms with Gasteiger partial charge in [0, 0.05) is 0 Å². The van der Waals surface area contributed by atoms with Crippen LogP contribution in [0.25, 0.3) is 0 Å². The van der Waals surface area contributed by atoms with Crippen molar-refractivity contribution in [2.45, 2.75) is 39.2 Å². The molecule has 0 radical (unpaired) electrons. The molecule has 1 rings (SSSR count). The van der Waals surface area contributed by atoms with Crippen LogP contribution in [0.4, 0.5) is 0 Å². The van der Waals surface area contributed by atoms with E-state index in [0.29, 0.717) is 5.92 Å². The lowest BCUT2D eigenvalue weighted by Crippen LogP contribution is -2.32. The van der Waals surface area contributed by atoms with Gasteiger partial charge in [-0.15, -0.1) is 0 Å². The second-order valence-electron chi connectivity index (χ2n) is 4.14. The topological polar surface area (TPSA) is 20.2 Å². The van der Waals surface area contributed by atoms with Gasteiger partial charge in [0.1, 0.15) is 0 Å². The Bertz CT molecular complexity index is 223. The Hall–Kier alpha value is -0.560. The second-order valence-corrected chi connectivity index (χ2v) is 4.14. The average Bonchev–Trinajstić information content (AvgIpc) is 1.94. The third-order valence-corrected chi connectivity index (χ3v) is 2.90. The first kappa shape index (κ1) is 9.53. The molecule has 0 aliphatic heterocycles. The standard InChI is InChI=1S/C11H18O/c1-8(2)10-6-5-9(3)11(4,12)7-10/h5,10,12H,1,6-7H2,2-4H3/t10-,11-/m0/s1. The Kier molecular flexibility index (Phi) is 2.43. The molecule has 1 heteroatoms. The highest BCUT2D eigenvalue weighted by molar-refractivity contribution is 5.20. The Labute approximate surface area is 74.8 Å². The van der Waals surface area contributed by atoms with Crippen molar-refractivity contribution in [3.8, 4) is 0 Å². The summed E-state index contributed by atoms with van der Waals surface area (Å²) in [5.41, 5.74) is 1.67. The van der Waals surface area contributed by atoms with Crippen LogP contribution in [0.3, 0.4) is 0 Å². The minimum atomic E-state index is -0.609. The molecule has 0 amide bonds. The third kappa shape index (κ3) is 1.78. The fourth-order valence-electron chi connectivity index (χ4n) is 1.64. The van der Waals surface area contributed by atoms with Crippen molar-refractivity contribution in [2.24, 2.45) is 5.92 Å². The monoisotopic (exact) mass is 166 g/mol. The van der Waals surface area contributed by atoms with Crippen LogP contribution < -0.4 is 0 Å². The van der Waals surface area contributed by atoms with Crippen molar-refractivity contribution in [1.82, 2.24) is 0 Å². The quantitative estimate of drug-likeness (QED) is 0.594. The summed E-state index contributed by atoms with van der Waals surface area (Å²) in [6.07, 6.45) is 3.99. The van der Waals surface area contributed by atoms with Gasteiger partial charge in [0.2, 0.25) is 0 Å². The normalized spacial score (nSPS) is 36.0. The second kappa shape index (κ2) is 3.06.